The quantitative estimate of drug-likeness (QED) is 0.238. The minimum Gasteiger partial charge on any atom is -0.481 e. The van der Waals surface area contributed by atoms with E-state index in [-0.39, 0.29) is 37.6 Å². The van der Waals surface area contributed by atoms with Crippen LogP contribution in [-0.2, 0) is 19.1 Å². The number of ether oxygens (including phenoxy) is 1. The normalized spacial score (nSPS) is 10.9. The fraction of sp³-hybridized carbons (Fsp3) is 0.333. The second-order valence-corrected chi connectivity index (χ2v) is 5.51. The van der Waals surface area contributed by atoms with Crippen LogP contribution in [0.2, 0.25) is 0 Å². The number of aliphatic carboxylic acids is 1. The highest BCUT2D eigenvalue weighted by atomic mass is 16.5. The molecule has 144 valence electrons. The van der Waals surface area contributed by atoms with Crippen molar-refractivity contribution in [3.63, 3.8) is 0 Å². The zero-order chi connectivity index (χ0) is 20.2. The average Bonchev–Trinajstić information content (AvgIpc) is 2.60. The molecule has 6 N–H and O–H groups in total. The van der Waals surface area contributed by atoms with E-state index in [0.717, 1.165) is 0 Å². The molecule has 1 atom stereocenters. The van der Waals surface area contributed by atoms with Gasteiger partial charge in [0.15, 0.2) is 0 Å². The lowest BCUT2D eigenvalue weighted by Gasteiger charge is -2.11. The molecule has 1 rings (SSSR count). The van der Waals surface area contributed by atoms with Crippen molar-refractivity contribution in [1.29, 1.82) is 5.41 Å². The molecule has 9 heteroatoms. The van der Waals surface area contributed by atoms with Crippen molar-refractivity contribution in [1.82, 2.24) is 5.32 Å². The summed E-state index contributed by atoms with van der Waals surface area (Å²) >= 11 is 0. The molecule has 0 aliphatic heterocycles. The number of amidine groups is 1. The first-order valence-corrected chi connectivity index (χ1v) is 8.04. The lowest BCUT2D eigenvalue weighted by molar-refractivity contribution is -0.137. The van der Waals surface area contributed by atoms with Crippen molar-refractivity contribution in [2.45, 2.75) is 25.3 Å². The Kier molecular flexibility index (Phi) is 9.05. The van der Waals surface area contributed by atoms with Gasteiger partial charge in [0, 0.05) is 31.2 Å². The Hall–Kier alpha value is -3.38. The molecule has 1 unspecified atom stereocenters. The van der Waals surface area contributed by atoms with E-state index < -0.39 is 17.9 Å². The van der Waals surface area contributed by atoms with Gasteiger partial charge in [-0.05, 0) is 24.3 Å². The summed E-state index contributed by atoms with van der Waals surface area (Å²) in [5.41, 5.74) is 6.40. The SMILES string of the molecule is COCC#CC(CC(=O)O)NC(=O)CCC(=O)Nc1ccc(C(=N)N)cc1. The van der Waals surface area contributed by atoms with Gasteiger partial charge in [-0.15, -0.1) is 0 Å². The zero-order valence-electron chi connectivity index (χ0n) is 14.9. The Balaban J connectivity index is 2.49. The molecule has 1 aromatic rings. The molecule has 0 radical (unpaired) electrons. The Morgan fingerprint density at radius 3 is 2.41 bits per heavy atom. The first-order chi connectivity index (χ1) is 12.8. The maximum atomic E-state index is 11.9. The summed E-state index contributed by atoms with van der Waals surface area (Å²) in [6, 6.07) is 5.54. The number of hydrogen-bond acceptors (Lipinski definition) is 5. The van der Waals surface area contributed by atoms with E-state index in [2.05, 4.69) is 22.5 Å². The van der Waals surface area contributed by atoms with Crippen LogP contribution >= 0.6 is 0 Å². The maximum absolute atomic E-state index is 11.9. The molecule has 0 aromatic heterocycles. The molecule has 0 aliphatic carbocycles. The smallest absolute Gasteiger partial charge is 0.306 e. The monoisotopic (exact) mass is 374 g/mol. The highest BCUT2D eigenvalue weighted by molar-refractivity contribution is 5.96. The summed E-state index contributed by atoms with van der Waals surface area (Å²) in [5.74, 6) is 3.19. The number of hydrogen-bond donors (Lipinski definition) is 5. The molecule has 0 heterocycles. The van der Waals surface area contributed by atoms with Gasteiger partial charge in [0.05, 0.1) is 6.42 Å². The largest absolute Gasteiger partial charge is 0.481 e. The number of nitrogen functional groups attached to an aromatic ring is 1. The van der Waals surface area contributed by atoms with Gasteiger partial charge in [-0.2, -0.15) is 0 Å². The molecular weight excluding hydrogens is 352 g/mol. The third-order valence-electron chi connectivity index (χ3n) is 3.27. The van der Waals surface area contributed by atoms with Crippen molar-refractivity contribution in [3.05, 3.63) is 29.8 Å². The lowest BCUT2D eigenvalue weighted by Crippen LogP contribution is -2.36. The molecule has 1 aromatic carbocycles. The Bertz CT molecular complexity index is 749. The molecular formula is C18H22N4O5. The van der Waals surface area contributed by atoms with Crippen LogP contribution in [0, 0.1) is 17.3 Å². The van der Waals surface area contributed by atoms with E-state index in [1.807, 2.05) is 0 Å². The molecule has 0 spiro atoms. The number of methoxy groups -OCH3 is 1. The lowest BCUT2D eigenvalue weighted by atomic mass is 10.1. The summed E-state index contributed by atoms with van der Waals surface area (Å²) in [6.45, 7) is 0.122. The van der Waals surface area contributed by atoms with Crippen LogP contribution in [0.4, 0.5) is 5.69 Å². The number of benzene rings is 1. The van der Waals surface area contributed by atoms with Gasteiger partial charge in [0.2, 0.25) is 11.8 Å². The fourth-order valence-electron chi connectivity index (χ4n) is 2.00. The Morgan fingerprint density at radius 2 is 1.85 bits per heavy atom. The second-order valence-electron chi connectivity index (χ2n) is 5.51. The van der Waals surface area contributed by atoms with Crippen LogP contribution in [0.5, 0.6) is 0 Å². The van der Waals surface area contributed by atoms with Crippen LogP contribution in [-0.4, -0.2) is 48.5 Å². The van der Waals surface area contributed by atoms with Gasteiger partial charge in [-0.1, -0.05) is 11.8 Å². The minimum absolute atomic E-state index is 0.0749. The highest BCUT2D eigenvalue weighted by Crippen LogP contribution is 2.10. The van der Waals surface area contributed by atoms with Crippen molar-refractivity contribution in [2.75, 3.05) is 19.0 Å². The van der Waals surface area contributed by atoms with Gasteiger partial charge < -0.3 is 26.2 Å². The van der Waals surface area contributed by atoms with Crippen LogP contribution in [0.15, 0.2) is 24.3 Å². The van der Waals surface area contributed by atoms with Gasteiger partial charge in [-0.25, -0.2) is 0 Å². The van der Waals surface area contributed by atoms with Crippen LogP contribution < -0.4 is 16.4 Å². The molecule has 9 nitrogen and oxygen atoms in total. The topological polar surface area (TPSA) is 155 Å². The number of carboxylic acid groups (broad SMARTS) is 1. The van der Waals surface area contributed by atoms with Gasteiger partial charge in [0.25, 0.3) is 0 Å². The second kappa shape index (κ2) is 11.3. The summed E-state index contributed by atoms with van der Waals surface area (Å²) in [4.78, 5) is 34.7. The van der Waals surface area contributed by atoms with Gasteiger partial charge in [-0.3, -0.25) is 19.8 Å². The maximum Gasteiger partial charge on any atom is 0.306 e. The van der Waals surface area contributed by atoms with E-state index in [9.17, 15) is 14.4 Å². The number of rotatable bonds is 9. The first kappa shape index (κ1) is 21.7. The molecule has 0 aliphatic rings. The number of amides is 2. The highest BCUT2D eigenvalue weighted by Gasteiger charge is 2.14. The van der Waals surface area contributed by atoms with Gasteiger partial charge in [0.1, 0.15) is 18.5 Å². The summed E-state index contributed by atoms with van der Waals surface area (Å²) in [6.07, 6.45) is -0.540. The molecule has 0 fully saturated rings. The fourth-order valence-corrected chi connectivity index (χ4v) is 2.00. The molecule has 0 bridgehead atoms. The first-order valence-electron chi connectivity index (χ1n) is 8.04. The number of nitrogens with one attached hydrogen (secondary N) is 3. The minimum atomic E-state index is -1.10. The van der Waals surface area contributed by atoms with Gasteiger partial charge >= 0.3 is 5.97 Å². The van der Waals surface area contributed by atoms with E-state index in [0.29, 0.717) is 11.3 Å². The number of anilines is 1. The average molecular weight is 374 g/mol. The van der Waals surface area contributed by atoms with Crippen molar-refractivity contribution in [3.8, 4) is 11.8 Å². The molecule has 0 saturated carbocycles. The van der Waals surface area contributed by atoms with E-state index in [1.54, 1.807) is 24.3 Å². The predicted octanol–water partition coefficient (Wildman–Crippen LogP) is 0.299. The van der Waals surface area contributed by atoms with Crippen molar-refractivity contribution >= 4 is 29.3 Å². The zero-order valence-corrected chi connectivity index (χ0v) is 14.9. The van der Waals surface area contributed by atoms with E-state index in [4.69, 9.17) is 21.0 Å². The van der Waals surface area contributed by atoms with Crippen molar-refractivity contribution < 1.29 is 24.2 Å². The summed E-state index contributed by atoms with van der Waals surface area (Å²) in [7, 11) is 1.45. The third-order valence-corrected chi connectivity index (χ3v) is 3.27. The Labute approximate surface area is 156 Å². The van der Waals surface area contributed by atoms with Crippen LogP contribution in [0.1, 0.15) is 24.8 Å². The molecule has 27 heavy (non-hydrogen) atoms. The molecule has 2 amide bonds. The van der Waals surface area contributed by atoms with Crippen molar-refractivity contribution in [2.24, 2.45) is 5.73 Å². The number of carbonyl (C=O) groups excluding carboxylic acids is 2. The summed E-state index contributed by atoms with van der Waals surface area (Å²) in [5, 5.41) is 21.3. The van der Waals surface area contributed by atoms with E-state index in [1.165, 1.54) is 7.11 Å². The standard InChI is InChI=1S/C18H22N4O5/c1-27-10-2-3-14(11-17(25)26)22-16(24)9-8-15(23)21-13-6-4-12(5-7-13)18(19)20/h4-7,14H,8-11H2,1H3,(H3,19,20)(H,21,23)(H,22,24)(H,25,26). The van der Waals surface area contributed by atoms with E-state index >= 15 is 0 Å². The van der Waals surface area contributed by atoms with Crippen LogP contribution in [0.3, 0.4) is 0 Å². The predicted molar refractivity (Wildman–Crippen MR) is 99.2 cm³/mol. The Morgan fingerprint density at radius 1 is 1.22 bits per heavy atom. The van der Waals surface area contributed by atoms with Crippen LogP contribution in [0.25, 0.3) is 0 Å². The number of nitrogens with two attached hydrogens (primary N) is 1. The third kappa shape index (κ3) is 9.04. The molecule has 0 saturated heterocycles. The number of carboxylic acids is 1. The summed E-state index contributed by atoms with van der Waals surface area (Å²) < 4.78 is 4.75. The number of carbonyl (C=O) groups is 3.